The monoisotopic (exact) mass is 364 g/mol. The Labute approximate surface area is 117 Å². The average molecular weight is 366 g/mol. The van der Waals surface area contributed by atoms with Gasteiger partial charge in [-0.05, 0) is 44.8 Å². The molecular formula is C11H14Br2N2O2. The molecule has 1 aromatic rings. The molecule has 0 aliphatic rings. The van der Waals surface area contributed by atoms with Gasteiger partial charge in [0.1, 0.15) is 0 Å². The summed E-state index contributed by atoms with van der Waals surface area (Å²) in [6.07, 6.45) is 2.12. The Morgan fingerprint density at radius 2 is 2.29 bits per heavy atom. The Balaban J connectivity index is 2.29. The van der Waals surface area contributed by atoms with Crippen molar-refractivity contribution in [2.45, 2.75) is 19.9 Å². The maximum atomic E-state index is 11.1. The highest BCUT2D eigenvalue weighted by molar-refractivity contribution is 9.11. The Morgan fingerprint density at radius 1 is 1.53 bits per heavy atom. The number of ether oxygens (including phenoxy) is 1. The van der Waals surface area contributed by atoms with Gasteiger partial charge in [-0.1, -0.05) is 0 Å². The van der Waals surface area contributed by atoms with Crippen LogP contribution in [0.1, 0.15) is 19.0 Å². The second-order valence-corrected chi connectivity index (χ2v) is 5.08. The number of esters is 1. The fraction of sp³-hybridized carbons (Fsp3) is 0.455. The maximum Gasteiger partial charge on any atom is 0.307 e. The van der Waals surface area contributed by atoms with Crippen LogP contribution in [0.3, 0.4) is 0 Å². The van der Waals surface area contributed by atoms with Crippen LogP contribution >= 0.6 is 31.9 Å². The molecule has 0 fully saturated rings. The summed E-state index contributed by atoms with van der Waals surface area (Å²) in [7, 11) is 0. The minimum absolute atomic E-state index is 0.178. The van der Waals surface area contributed by atoms with Crippen molar-refractivity contribution in [2.75, 3.05) is 13.2 Å². The van der Waals surface area contributed by atoms with Gasteiger partial charge in [0, 0.05) is 28.2 Å². The first kappa shape index (κ1) is 14.6. The van der Waals surface area contributed by atoms with E-state index in [9.17, 15) is 4.79 Å². The predicted molar refractivity (Wildman–Crippen MR) is 72.6 cm³/mol. The molecule has 94 valence electrons. The van der Waals surface area contributed by atoms with E-state index in [-0.39, 0.29) is 5.97 Å². The van der Waals surface area contributed by atoms with Crippen LogP contribution in [0.4, 0.5) is 0 Å². The first-order valence-corrected chi connectivity index (χ1v) is 6.88. The maximum absolute atomic E-state index is 11.1. The molecule has 0 unspecified atom stereocenters. The number of halogens is 2. The molecule has 0 saturated carbocycles. The van der Waals surface area contributed by atoms with Gasteiger partial charge in [0.25, 0.3) is 0 Å². The molecule has 1 aromatic heterocycles. The Kier molecular flexibility index (Phi) is 6.69. The van der Waals surface area contributed by atoms with Crippen molar-refractivity contribution in [1.82, 2.24) is 10.3 Å². The van der Waals surface area contributed by atoms with Gasteiger partial charge in [0.15, 0.2) is 0 Å². The van der Waals surface area contributed by atoms with Crippen LogP contribution < -0.4 is 5.32 Å². The lowest BCUT2D eigenvalue weighted by Crippen LogP contribution is -2.19. The smallest absolute Gasteiger partial charge is 0.307 e. The molecular weight excluding hydrogens is 352 g/mol. The minimum Gasteiger partial charge on any atom is -0.466 e. The van der Waals surface area contributed by atoms with Gasteiger partial charge >= 0.3 is 5.97 Å². The number of pyridine rings is 1. The van der Waals surface area contributed by atoms with E-state index in [0.717, 1.165) is 14.6 Å². The lowest BCUT2D eigenvalue weighted by molar-refractivity contribution is -0.142. The lowest BCUT2D eigenvalue weighted by Gasteiger charge is -2.06. The molecule has 0 aliphatic heterocycles. The zero-order chi connectivity index (χ0) is 12.7. The molecule has 0 spiro atoms. The number of nitrogens with zero attached hydrogens (tertiary/aromatic N) is 1. The predicted octanol–water partition coefficient (Wildman–Crippen LogP) is 2.65. The van der Waals surface area contributed by atoms with Crippen molar-refractivity contribution >= 4 is 37.8 Å². The van der Waals surface area contributed by atoms with E-state index in [2.05, 4.69) is 42.2 Å². The van der Waals surface area contributed by atoms with Crippen LogP contribution in [0.2, 0.25) is 0 Å². The molecule has 0 aliphatic carbocycles. The summed E-state index contributed by atoms with van der Waals surface area (Å²) in [5, 5.41) is 3.14. The van der Waals surface area contributed by atoms with Crippen molar-refractivity contribution in [1.29, 1.82) is 0 Å². The largest absolute Gasteiger partial charge is 0.466 e. The van der Waals surface area contributed by atoms with Crippen molar-refractivity contribution < 1.29 is 9.53 Å². The number of carbonyl (C=O) groups is 1. The molecule has 6 heteroatoms. The van der Waals surface area contributed by atoms with Crippen molar-refractivity contribution in [3.05, 3.63) is 26.9 Å². The number of nitrogens with one attached hydrogen (secondary N) is 1. The lowest BCUT2D eigenvalue weighted by atomic mass is 10.3. The van der Waals surface area contributed by atoms with Gasteiger partial charge < -0.3 is 10.1 Å². The molecule has 0 amide bonds. The van der Waals surface area contributed by atoms with Crippen molar-refractivity contribution in [2.24, 2.45) is 0 Å². The van der Waals surface area contributed by atoms with Gasteiger partial charge in [0.05, 0.1) is 18.7 Å². The molecule has 0 saturated heterocycles. The van der Waals surface area contributed by atoms with Gasteiger partial charge in [-0.25, -0.2) is 0 Å². The number of hydrogen-bond acceptors (Lipinski definition) is 4. The summed E-state index contributed by atoms with van der Waals surface area (Å²) in [5.41, 5.74) is 0.914. The Bertz CT molecular complexity index is 386. The van der Waals surface area contributed by atoms with E-state index in [1.165, 1.54) is 0 Å². The molecule has 1 N–H and O–H groups in total. The van der Waals surface area contributed by atoms with Crippen LogP contribution in [0.25, 0.3) is 0 Å². The van der Waals surface area contributed by atoms with E-state index in [4.69, 9.17) is 4.74 Å². The van der Waals surface area contributed by atoms with E-state index in [1.54, 1.807) is 13.1 Å². The second-order valence-electron chi connectivity index (χ2n) is 3.31. The first-order valence-electron chi connectivity index (χ1n) is 5.29. The topological polar surface area (TPSA) is 51.2 Å². The highest BCUT2D eigenvalue weighted by Gasteiger charge is 2.03. The van der Waals surface area contributed by atoms with Gasteiger partial charge in [-0.3, -0.25) is 9.78 Å². The zero-order valence-corrected chi connectivity index (χ0v) is 12.7. The zero-order valence-electron chi connectivity index (χ0n) is 9.50. The molecule has 17 heavy (non-hydrogen) atoms. The van der Waals surface area contributed by atoms with E-state index in [1.807, 2.05) is 6.07 Å². The summed E-state index contributed by atoms with van der Waals surface area (Å²) in [4.78, 5) is 15.3. The third-order valence-electron chi connectivity index (χ3n) is 1.99. The summed E-state index contributed by atoms with van der Waals surface area (Å²) in [5.74, 6) is -0.178. The Hall–Kier alpha value is -0.460. The molecule has 1 rings (SSSR count). The number of carbonyl (C=O) groups excluding carboxylic acids is 1. The summed E-state index contributed by atoms with van der Waals surface area (Å²) >= 11 is 6.77. The van der Waals surface area contributed by atoms with E-state index in [0.29, 0.717) is 26.1 Å². The third kappa shape index (κ3) is 5.61. The van der Waals surface area contributed by atoms with Crippen LogP contribution in [0, 0.1) is 0 Å². The fourth-order valence-electron chi connectivity index (χ4n) is 1.20. The van der Waals surface area contributed by atoms with Gasteiger partial charge in [-0.2, -0.15) is 0 Å². The summed E-state index contributed by atoms with van der Waals surface area (Å²) < 4.78 is 6.69. The second kappa shape index (κ2) is 7.79. The summed E-state index contributed by atoms with van der Waals surface area (Å²) in [6, 6.07) is 1.94. The highest BCUT2D eigenvalue weighted by atomic mass is 79.9. The first-order chi connectivity index (χ1) is 8.13. The standard InChI is InChI=1S/C11H14Br2N2O2/c1-2-17-11(16)3-4-14-7-10-9(13)5-8(12)6-15-10/h5-6,14H,2-4,7H2,1H3. The molecule has 0 aromatic carbocycles. The number of rotatable bonds is 6. The highest BCUT2D eigenvalue weighted by Crippen LogP contribution is 2.19. The van der Waals surface area contributed by atoms with Crippen LogP contribution in [-0.4, -0.2) is 24.1 Å². The Morgan fingerprint density at radius 3 is 2.94 bits per heavy atom. The molecule has 0 radical (unpaired) electrons. The quantitative estimate of drug-likeness (QED) is 0.622. The van der Waals surface area contributed by atoms with Crippen LogP contribution in [0.15, 0.2) is 21.2 Å². The number of aromatic nitrogens is 1. The van der Waals surface area contributed by atoms with E-state index >= 15 is 0 Å². The van der Waals surface area contributed by atoms with Gasteiger partial charge in [-0.15, -0.1) is 0 Å². The van der Waals surface area contributed by atoms with Crippen LogP contribution in [0.5, 0.6) is 0 Å². The SMILES string of the molecule is CCOC(=O)CCNCc1ncc(Br)cc1Br. The normalized spacial score (nSPS) is 10.3. The molecule has 4 nitrogen and oxygen atoms in total. The minimum atomic E-state index is -0.178. The number of hydrogen-bond donors (Lipinski definition) is 1. The van der Waals surface area contributed by atoms with Gasteiger partial charge in [0.2, 0.25) is 0 Å². The molecule has 0 atom stereocenters. The third-order valence-corrected chi connectivity index (χ3v) is 3.11. The molecule has 0 bridgehead atoms. The van der Waals surface area contributed by atoms with E-state index < -0.39 is 0 Å². The van der Waals surface area contributed by atoms with Crippen LogP contribution in [-0.2, 0) is 16.1 Å². The molecule has 1 heterocycles. The summed E-state index contributed by atoms with van der Waals surface area (Å²) in [6.45, 7) is 3.43. The fourth-order valence-corrected chi connectivity index (χ4v) is 2.33. The van der Waals surface area contributed by atoms with Crippen molar-refractivity contribution in [3.63, 3.8) is 0 Å². The van der Waals surface area contributed by atoms with Crippen molar-refractivity contribution in [3.8, 4) is 0 Å². The average Bonchev–Trinajstić information content (AvgIpc) is 2.27.